The third-order valence-corrected chi connectivity index (χ3v) is 6.10. The zero-order valence-electron chi connectivity index (χ0n) is 18.1. The van der Waals surface area contributed by atoms with Crippen molar-refractivity contribution in [1.82, 2.24) is 19.9 Å². The van der Waals surface area contributed by atoms with Gasteiger partial charge in [0, 0.05) is 44.8 Å². The maximum atomic E-state index is 13.2. The molecule has 4 rings (SSSR count). The van der Waals surface area contributed by atoms with Crippen LogP contribution in [0.2, 0.25) is 0 Å². The standard InChI is InChI=1S/C23H30N4O3.ClH/c1-18-21(22(24-30-18)19-9-5-4-6-10-19)23(29)27-15-13-25(14-16-27)17-20(28)26-11-7-2-3-8-12-26;/h4-6,9-10H,2-3,7-8,11-17H2,1H3;1H. The van der Waals surface area contributed by atoms with Gasteiger partial charge >= 0.3 is 0 Å². The number of halogens is 1. The molecule has 0 spiro atoms. The Morgan fingerprint density at radius 1 is 0.903 bits per heavy atom. The Bertz CT molecular complexity index is 870. The molecule has 168 valence electrons. The van der Waals surface area contributed by atoms with Gasteiger partial charge in [-0.05, 0) is 19.8 Å². The molecule has 0 atom stereocenters. The van der Waals surface area contributed by atoms with E-state index in [9.17, 15) is 9.59 Å². The second-order valence-electron chi connectivity index (χ2n) is 8.19. The fourth-order valence-electron chi connectivity index (χ4n) is 4.30. The highest BCUT2D eigenvalue weighted by atomic mass is 35.5. The summed E-state index contributed by atoms with van der Waals surface area (Å²) in [7, 11) is 0. The molecule has 1 aromatic carbocycles. The van der Waals surface area contributed by atoms with Crippen LogP contribution in [0.3, 0.4) is 0 Å². The van der Waals surface area contributed by atoms with E-state index in [4.69, 9.17) is 4.52 Å². The van der Waals surface area contributed by atoms with Gasteiger partial charge < -0.3 is 14.3 Å². The van der Waals surface area contributed by atoms with Gasteiger partial charge in [0.25, 0.3) is 5.91 Å². The lowest BCUT2D eigenvalue weighted by molar-refractivity contribution is -0.132. The minimum atomic E-state index is -0.0499. The average Bonchev–Trinajstić information content (AvgIpc) is 2.97. The topological polar surface area (TPSA) is 69.9 Å². The smallest absolute Gasteiger partial charge is 0.259 e. The first-order valence-electron chi connectivity index (χ1n) is 10.9. The highest BCUT2D eigenvalue weighted by molar-refractivity contribution is 6.00. The molecule has 1 aromatic heterocycles. The summed E-state index contributed by atoms with van der Waals surface area (Å²) in [6.45, 7) is 6.60. The fourth-order valence-corrected chi connectivity index (χ4v) is 4.30. The highest BCUT2D eigenvalue weighted by Gasteiger charge is 2.29. The summed E-state index contributed by atoms with van der Waals surface area (Å²) in [6.07, 6.45) is 4.65. The monoisotopic (exact) mass is 446 g/mol. The van der Waals surface area contributed by atoms with Gasteiger partial charge in [-0.25, -0.2) is 0 Å². The van der Waals surface area contributed by atoms with Crippen LogP contribution in [0.25, 0.3) is 11.3 Å². The number of amides is 2. The number of benzene rings is 1. The number of carbonyl (C=O) groups excluding carboxylic acids is 2. The van der Waals surface area contributed by atoms with E-state index in [-0.39, 0.29) is 24.2 Å². The molecule has 0 N–H and O–H groups in total. The molecule has 31 heavy (non-hydrogen) atoms. The van der Waals surface area contributed by atoms with Gasteiger partial charge in [0.05, 0.1) is 6.54 Å². The van der Waals surface area contributed by atoms with E-state index in [2.05, 4.69) is 10.1 Å². The molecule has 2 aliphatic rings. The zero-order valence-corrected chi connectivity index (χ0v) is 18.9. The van der Waals surface area contributed by atoms with Gasteiger partial charge in [0.2, 0.25) is 5.91 Å². The number of nitrogens with zero attached hydrogens (tertiary/aromatic N) is 4. The second kappa shape index (κ2) is 10.8. The fraction of sp³-hybridized carbons (Fsp3) is 0.522. The van der Waals surface area contributed by atoms with Crippen molar-refractivity contribution in [1.29, 1.82) is 0 Å². The zero-order chi connectivity index (χ0) is 20.9. The van der Waals surface area contributed by atoms with E-state index in [0.29, 0.717) is 49.7 Å². The number of hydrogen-bond acceptors (Lipinski definition) is 5. The minimum absolute atomic E-state index is 0. The van der Waals surface area contributed by atoms with Gasteiger partial charge in [0.15, 0.2) is 0 Å². The number of aromatic nitrogens is 1. The van der Waals surface area contributed by atoms with Gasteiger partial charge in [-0.2, -0.15) is 0 Å². The largest absolute Gasteiger partial charge is 0.360 e. The summed E-state index contributed by atoms with van der Waals surface area (Å²) in [4.78, 5) is 31.9. The lowest BCUT2D eigenvalue weighted by atomic mass is 10.0. The van der Waals surface area contributed by atoms with Crippen LogP contribution in [-0.2, 0) is 4.79 Å². The first-order chi connectivity index (χ1) is 14.6. The number of piperazine rings is 1. The van der Waals surface area contributed by atoms with Crippen LogP contribution in [0.1, 0.15) is 41.8 Å². The Hall–Kier alpha value is -2.38. The van der Waals surface area contributed by atoms with Crippen LogP contribution in [-0.4, -0.2) is 77.5 Å². The predicted octanol–water partition coefficient (Wildman–Crippen LogP) is 3.23. The van der Waals surface area contributed by atoms with Crippen molar-refractivity contribution in [2.45, 2.75) is 32.6 Å². The van der Waals surface area contributed by atoms with Crippen molar-refractivity contribution in [3.8, 4) is 11.3 Å². The van der Waals surface area contributed by atoms with Crippen LogP contribution in [0.4, 0.5) is 0 Å². The number of likely N-dealkylation sites (tertiary alicyclic amines) is 1. The summed E-state index contributed by atoms with van der Waals surface area (Å²) in [5, 5.41) is 4.13. The molecule has 0 bridgehead atoms. The minimum Gasteiger partial charge on any atom is -0.360 e. The van der Waals surface area contributed by atoms with E-state index in [1.165, 1.54) is 12.8 Å². The molecule has 2 saturated heterocycles. The number of aryl methyl sites for hydroxylation is 1. The molecule has 2 aliphatic heterocycles. The lowest BCUT2D eigenvalue weighted by Crippen LogP contribution is -2.51. The van der Waals surface area contributed by atoms with E-state index >= 15 is 0 Å². The van der Waals surface area contributed by atoms with Gasteiger partial charge in [-0.3, -0.25) is 14.5 Å². The van der Waals surface area contributed by atoms with Gasteiger partial charge in [0.1, 0.15) is 17.0 Å². The first kappa shape index (κ1) is 23.3. The summed E-state index contributed by atoms with van der Waals surface area (Å²) in [5.41, 5.74) is 2.01. The average molecular weight is 447 g/mol. The number of carbonyl (C=O) groups is 2. The van der Waals surface area contributed by atoms with Crippen molar-refractivity contribution >= 4 is 24.2 Å². The Labute approximate surface area is 189 Å². The molecule has 0 unspecified atom stereocenters. The maximum Gasteiger partial charge on any atom is 0.259 e. The Balaban J connectivity index is 0.00000272. The number of rotatable bonds is 4. The third-order valence-electron chi connectivity index (χ3n) is 6.10. The van der Waals surface area contributed by atoms with Crippen LogP contribution in [0.15, 0.2) is 34.9 Å². The molecule has 2 aromatic rings. The normalized spacial score (nSPS) is 17.7. The molecule has 8 heteroatoms. The van der Waals surface area contributed by atoms with Crippen molar-refractivity contribution in [3.63, 3.8) is 0 Å². The first-order valence-corrected chi connectivity index (χ1v) is 10.9. The second-order valence-corrected chi connectivity index (χ2v) is 8.19. The predicted molar refractivity (Wildman–Crippen MR) is 121 cm³/mol. The third kappa shape index (κ3) is 5.46. The molecule has 0 aliphatic carbocycles. The number of hydrogen-bond donors (Lipinski definition) is 0. The molecule has 7 nitrogen and oxygen atoms in total. The van der Waals surface area contributed by atoms with Crippen molar-refractivity contribution in [2.24, 2.45) is 0 Å². The van der Waals surface area contributed by atoms with Crippen molar-refractivity contribution < 1.29 is 14.1 Å². The molecular weight excluding hydrogens is 416 g/mol. The van der Waals surface area contributed by atoms with E-state index in [1.807, 2.05) is 40.1 Å². The summed E-state index contributed by atoms with van der Waals surface area (Å²) >= 11 is 0. The van der Waals surface area contributed by atoms with Crippen LogP contribution in [0, 0.1) is 6.92 Å². The maximum absolute atomic E-state index is 13.2. The molecule has 0 radical (unpaired) electrons. The molecule has 2 fully saturated rings. The van der Waals surface area contributed by atoms with Crippen LogP contribution >= 0.6 is 12.4 Å². The highest BCUT2D eigenvalue weighted by Crippen LogP contribution is 2.26. The molecule has 2 amide bonds. The molecular formula is C23H31ClN4O3. The van der Waals surface area contributed by atoms with E-state index < -0.39 is 0 Å². The van der Waals surface area contributed by atoms with Crippen LogP contribution in [0.5, 0.6) is 0 Å². The van der Waals surface area contributed by atoms with Gasteiger partial charge in [-0.1, -0.05) is 48.3 Å². The van der Waals surface area contributed by atoms with Crippen molar-refractivity contribution in [2.75, 3.05) is 45.8 Å². The van der Waals surface area contributed by atoms with Crippen molar-refractivity contribution in [3.05, 3.63) is 41.7 Å². The Morgan fingerprint density at radius 3 is 2.19 bits per heavy atom. The summed E-state index contributed by atoms with van der Waals surface area (Å²) < 4.78 is 5.36. The van der Waals surface area contributed by atoms with E-state index in [1.54, 1.807) is 6.92 Å². The quantitative estimate of drug-likeness (QED) is 0.721. The SMILES string of the molecule is Cc1onc(-c2ccccc2)c1C(=O)N1CCN(CC(=O)N2CCCCCC2)CC1.Cl. The lowest BCUT2D eigenvalue weighted by Gasteiger charge is -2.35. The Morgan fingerprint density at radius 2 is 1.55 bits per heavy atom. The van der Waals surface area contributed by atoms with E-state index in [0.717, 1.165) is 31.5 Å². The summed E-state index contributed by atoms with van der Waals surface area (Å²) in [5.74, 6) is 0.710. The van der Waals surface area contributed by atoms with Gasteiger partial charge in [-0.15, -0.1) is 12.4 Å². The molecule has 0 saturated carbocycles. The summed E-state index contributed by atoms with van der Waals surface area (Å²) in [6, 6.07) is 9.65. The Kier molecular flexibility index (Phi) is 8.09. The van der Waals surface area contributed by atoms with Crippen LogP contribution < -0.4 is 0 Å². The molecule has 3 heterocycles.